The fourth-order valence-electron chi connectivity index (χ4n) is 1.40. The maximum Gasteiger partial charge on any atom is 0.201 e. The number of rotatable bonds is 1. The van der Waals surface area contributed by atoms with Crippen molar-refractivity contribution in [3.05, 3.63) is 0 Å². The predicted octanol–water partition coefficient (Wildman–Crippen LogP) is 2.07. The molecule has 0 amide bonds. The fraction of sp³-hybridized carbons (Fsp3) is 0.875. The highest BCUT2D eigenvalue weighted by Crippen LogP contribution is 2.20. The Hall–Kier alpha value is -0.330. The van der Waals surface area contributed by atoms with Gasteiger partial charge in [0.15, 0.2) is 0 Å². The third kappa shape index (κ3) is 2.17. The van der Waals surface area contributed by atoms with Gasteiger partial charge in [-0.1, -0.05) is 25.7 Å². The first-order valence-electron chi connectivity index (χ1n) is 3.81. The third-order valence-electron chi connectivity index (χ3n) is 2.02. The molecule has 0 unspecified atom stereocenters. The highest BCUT2D eigenvalue weighted by atomic mass is 16.1. The summed E-state index contributed by atoms with van der Waals surface area (Å²) in [6.07, 6.45) is 9.37. The Kier molecular flexibility index (Phi) is 2.75. The van der Waals surface area contributed by atoms with E-state index < -0.39 is 0 Å². The van der Waals surface area contributed by atoms with Gasteiger partial charge in [0, 0.05) is 5.92 Å². The maximum atomic E-state index is 10.2. The van der Waals surface area contributed by atoms with Crippen molar-refractivity contribution in [1.82, 2.24) is 0 Å². The van der Waals surface area contributed by atoms with Gasteiger partial charge in [-0.05, 0) is 12.8 Å². The van der Waals surface area contributed by atoms with Crippen LogP contribution >= 0.6 is 0 Å². The first-order chi connectivity index (χ1) is 4.43. The SMILES string of the molecule is O=[C]C1CCCCCC1. The fourth-order valence-corrected chi connectivity index (χ4v) is 1.40. The minimum absolute atomic E-state index is 0.271. The molecule has 0 bridgehead atoms. The van der Waals surface area contributed by atoms with Gasteiger partial charge in [0.1, 0.15) is 0 Å². The summed E-state index contributed by atoms with van der Waals surface area (Å²) in [5, 5.41) is 0. The predicted molar refractivity (Wildman–Crippen MR) is 36.9 cm³/mol. The van der Waals surface area contributed by atoms with Gasteiger partial charge in [0.25, 0.3) is 0 Å². The molecular formula is C8H13O. The third-order valence-corrected chi connectivity index (χ3v) is 2.02. The van der Waals surface area contributed by atoms with Gasteiger partial charge in [0.05, 0.1) is 0 Å². The molecule has 1 saturated carbocycles. The van der Waals surface area contributed by atoms with Gasteiger partial charge in [-0.15, -0.1) is 0 Å². The quantitative estimate of drug-likeness (QED) is 0.490. The van der Waals surface area contributed by atoms with Crippen molar-refractivity contribution in [1.29, 1.82) is 0 Å². The normalized spacial score (nSPS) is 23.1. The molecule has 1 nitrogen and oxygen atoms in total. The molecule has 0 heterocycles. The average Bonchev–Trinajstić information content (AvgIpc) is 2.13. The van der Waals surface area contributed by atoms with Crippen LogP contribution in [-0.4, -0.2) is 6.29 Å². The lowest BCUT2D eigenvalue weighted by atomic mass is 10.0. The lowest BCUT2D eigenvalue weighted by Crippen LogP contribution is -1.98. The molecule has 0 spiro atoms. The molecule has 0 saturated heterocycles. The van der Waals surface area contributed by atoms with Crippen LogP contribution < -0.4 is 0 Å². The van der Waals surface area contributed by atoms with E-state index in [2.05, 4.69) is 6.29 Å². The highest BCUT2D eigenvalue weighted by molar-refractivity contribution is 5.54. The average molecular weight is 125 g/mol. The second-order valence-electron chi connectivity index (χ2n) is 2.81. The molecular weight excluding hydrogens is 112 g/mol. The molecule has 0 aromatic rings. The van der Waals surface area contributed by atoms with E-state index in [1.54, 1.807) is 0 Å². The minimum Gasteiger partial charge on any atom is -0.291 e. The first-order valence-corrected chi connectivity index (χ1v) is 3.81. The van der Waals surface area contributed by atoms with E-state index in [4.69, 9.17) is 0 Å². The summed E-state index contributed by atoms with van der Waals surface area (Å²) < 4.78 is 0. The van der Waals surface area contributed by atoms with Crippen molar-refractivity contribution in [2.75, 3.05) is 0 Å². The number of hydrogen-bond donors (Lipinski definition) is 0. The van der Waals surface area contributed by atoms with Crippen molar-refractivity contribution in [2.24, 2.45) is 5.92 Å². The van der Waals surface area contributed by atoms with E-state index in [9.17, 15) is 4.79 Å². The molecule has 1 fully saturated rings. The van der Waals surface area contributed by atoms with Crippen LogP contribution in [0.15, 0.2) is 0 Å². The second-order valence-corrected chi connectivity index (χ2v) is 2.81. The zero-order chi connectivity index (χ0) is 6.53. The van der Waals surface area contributed by atoms with Crippen LogP contribution in [0.5, 0.6) is 0 Å². The van der Waals surface area contributed by atoms with Gasteiger partial charge >= 0.3 is 0 Å². The van der Waals surface area contributed by atoms with Crippen molar-refractivity contribution in [3.8, 4) is 0 Å². The molecule has 1 aliphatic carbocycles. The molecule has 1 heteroatoms. The van der Waals surface area contributed by atoms with Gasteiger partial charge in [-0.2, -0.15) is 0 Å². The van der Waals surface area contributed by atoms with Gasteiger partial charge in [0.2, 0.25) is 6.29 Å². The Morgan fingerprint density at radius 3 is 2.00 bits per heavy atom. The minimum atomic E-state index is 0.271. The molecule has 0 atom stereocenters. The summed E-state index contributed by atoms with van der Waals surface area (Å²) in [6, 6.07) is 0. The Morgan fingerprint density at radius 2 is 1.56 bits per heavy atom. The van der Waals surface area contributed by atoms with Crippen LogP contribution in [0, 0.1) is 5.92 Å². The second kappa shape index (κ2) is 3.65. The smallest absolute Gasteiger partial charge is 0.201 e. The summed E-state index contributed by atoms with van der Waals surface area (Å²) in [5.74, 6) is 0.271. The molecule has 9 heavy (non-hydrogen) atoms. The van der Waals surface area contributed by atoms with E-state index in [1.807, 2.05) is 0 Å². The van der Waals surface area contributed by atoms with Crippen molar-refractivity contribution < 1.29 is 4.79 Å². The van der Waals surface area contributed by atoms with Crippen molar-refractivity contribution in [2.45, 2.75) is 38.5 Å². The summed E-state index contributed by atoms with van der Waals surface area (Å²) in [6.45, 7) is 0. The molecule has 0 aromatic carbocycles. The number of carbonyl (C=O) groups excluding carboxylic acids is 1. The molecule has 51 valence electrons. The topological polar surface area (TPSA) is 17.1 Å². The summed E-state index contributed by atoms with van der Waals surface area (Å²) in [7, 11) is 0. The molecule has 0 aromatic heterocycles. The van der Waals surface area contributed by atoms with E-state index in [-0.39, 0.29) is 5.92 Å². The van der Waals surface area contributed by atoms with Gasteiger partial charge < -0.3 is 0 Å². The van der Waals surface area contributed by atoms with Crippen LogP contribution in [0.4, 0.5) is 0 Å². The monoisotopic (exact) mass is 125 g/mol. The zero-order valence-corrected chi connectivity index (χ0v) is 5.73. The molecule has 1 aliphatic rings. The Morgan fingerprint density at radius 1 is 1.00 bits per heavy atom. The van der Waals surface area contributed by atoms with Crippen LogP contribution in [-0.2, 0) is 4.79 Å². The summed E-state index contributed by atoms with van der Waals surface area (Å²) in [4.78, 5) is 10.2. The highest BCUT2D eigenvalue weighted by Gasteiger charge is 2.10. The number of hydrogen-bond acceptors (Lipinski definition) is 1. The van der Waals surface area contributed by atoms with Crippen molar-refractivity contribution in [3.63, 3.8) is 0 Å². The largest absolute Gasteiger partial charge is 0.291 e. The van der Waals surface area contributed by atoms with Crippen LogP contribution in [0.3, 0.4) is 0 Å². The Bertz CT molecular complexity index is 80.6. The standard InChI is InChI=1S/C8H13O/c9-7-8-5-3-1-2-4-6-8/h8H,1-6H2. The Balaban J connectivity index is 2.26. The zero-order valence-electron chi connectivity index (χ0n) is 5.73. The molecule has 1 radical (unpaired) electrons. The maximum absolute atomic E-state index is 10.2. The van der Waals surface area contributed by atoms with E-state index >= 15 is 0 Å². The van der Waals surface area contributed by atoms with Crippen LogP contribution in [0.1, 0.15) is 38.5 Å². The van der Waals surface area contributed by atoms with Crippen molar-refractivity contribution >= 4 is 6.29 Å². The molecule has 0 N–H and O–H groups in total. The molecule has 1 rings (SSSR count). The summed E-state index contributed by atoms with van der Waals surface area (Å²) >= 11 is 0. The van der Waals surface area contributed by atoms with E-state index in [0.29, 0.717) is 0 Å². The van der Waals surface area contributed by atoms with E-state index in [1.165, 1.54) is 25.7 Å². The van der Waals surface area contributed by atoms with Crippen LogP contribution in [0.25, 0.3) is 0 Å². The Labute approximate surface area is 56.4 Å². The summed E-state index contributed by atoms with van der Waals surface area (Å²) in [5.41, 5.74) is 0. The van der Waals surface area contributed by atoms with Crippen LogP contribution in [0.2, 0.25) is 0 Å². The lowest BCUT2D eigenvalue weighted by molar-refractivity contribution is 0.495. The van der Waals surface area contributed by atoms with E-state index in [0.717, 1.165) is 12.8 Å². The van der Waals surface area contributed by atoms with Gasteiger partial charge in [-0.25, -0.2) is 0 Å². The van der Waals surface area contributed by atoms with Gasteiger partial charge in [-0.3, -0.25) is 4.79 Å². The molecule has 0 aliphatic heterocycles. The first kappa shape index (κ1) is 6.79. The lowest BCUT2D eigenvalue weighted by Gasteiger charge is -2.00.